The van der Waals surface area contributed by atoms with Gasteiger partial charge in [-0.1, -0.05) is 0 Å². The first-order chi connectivity index (χ1) is 10.8. The highest BCUT2D eigenvalue weighted by Gasteiger charge is 2.31. The van der Waals surface area contributed by atoms with Crippen LogP contribution >= 0.6 is 0 Å². The van der Waals surface area contributed by atoms with Gasteiger partial charge in [0.2, 0.25) is 0 Å². The second kappa shape index (κ2) is 8.34. The summed E-state index contributed by atoms with van der Waals surface area (Å²) in [6.07, 6.45) is 5.70. The van der Waals surface area contributed by atoms with Crippen molar-refractivity contribution in [1.82, 2.24) is 15.1 Å². The monoisotopic (exact) mass is 325 g/mol. The largest absolute Gasteiger partial charge is 0.444 e. The van der Waals surface area contributed by atoms with Crippen LogP contribution in [0.4, 0.5) is 4.79 Å². The predicted molar refractivity (Wildman–Crippen MR) is 93.7 cm³/mol. The van der Waals surface area contributed by atoms with Gasteiger partial charge in [0, 0.05) is 12.6 Å². The number of carbonyl (C=O) groups excluding carboxylic acids is 1. The molecule has 0 bridgehead atoms. The van der Waals surface area contributed by atoms with E-state index in [2.05, 4.69) is 17.3 Å². The maximum absolute atomic E-state index is 12.3. The molecule has 2 fully saturated rings. The number of carbonyl (C=O) groups is 1. The first kappa shape index (κ1) is 18.5. The first-order valence-electron chi connectivity index (χ1n) is 9.24. The summed E-state index contributed by atoms with van der Waals surface area (Å²) < 4.78 is 5.53. The van der Waals surface area contributed by atoms with Crippen LogP contribution in [0.3, 0.4) is 0 Å². The molecule has 2 aliphatic heterocycles. The molecule has 134 valence electrons. The summed E-state index contributed by atoms with van der Waals surface area (Å²) in [6.45, 7) is 11.2. The van der Waals surface area contributed by atoms with Gasteiger partial charge in [-0.3, -0.25) is 0 Å². The fourth-order valence-corrected chi connectivity index (χ4v) is 3.54. The molecule has 2 aliphatic rings. The average molecular weight is 325 g/mol. The van der Waals surface area contributed by atoms with Gasteiger partial charge in [-0.05, 0) is 92.0 Å². The number of hydrogen-bond donors (Lipinski definition) is 1. The quantitative estimate of drug-likeness (QED) is 0.790. The summed E-state index contributed by atoms with van der Waals surface area (Å²) in [6, 6.07) is 0.342. The zero-order chi connectivity index (χ0) is 16.9. The lowest BCUT2D eigenvalue weighted by Crippen LogP contribution is -2.41. The third-order valence-corrected chi connectivity index (χ3v) is 4.93. The van der Waals surface area contributed by atoms with Crippen LogP contribution in [-0.4, -0.2) is 67.3 Å². The van der Waals surface area contributed by atoms with E-state index in [1.807, 2.05) is 25.7 Å². The Morgan fingerprint density at radius 1 is 1.17 bits per heavy atom. The normalized spacial score (nSPS) is 24.2. The third-order valence-electron chi connectivity index (χ3n) is 4.93. The SMILES string of the molecule is CN1CCC(CNCCC2CCCN2C(=O)OC(C)(C)C)CC1. The van der Waals surface area contributed by atoms with Crippen molar-refractivity contribution in [3.05, 3.63) is 0 Å². The second-order valence-electron chi connectivity index (χ2n) is 8.21. The van der Waals surface area contributed by atoms with Gasteiger partial charge in [0.15, 0.2) is 0 Å². The number of rotatable bonds is 5. The molecule has 0 aromatic carbocycles. The molecular weight excluding hydrogens is 290 g/mol. The van der Waals surface area contributed by atoms with E-state index >= 15 is 0 Å². The zero-order valence-electron chi connectivity index (χ0n) is 15.4. The minimum Gasteiger partial charge on any atom is -0.444 e. The van der Waals surface area contributed by atoms with E-state index < -0.39 is 5.60 Å². The van der Waals surface area contributed by atoms with E-state index in [1.54, 1.807) is 0 Å². The van der Waals surface area contributed by atoms with Crippen LogP contribution in [0.25, 0.3) is 0 Å². The number of piperidine rings is 1. The Kier molecular flexibility index (Phi) is 6.72. The Morgan fingerprint density at radius 2 is 1.87 bits per heavy atom. The lowest BCUT2D eigenvalue weighted by molar-refractivity contribution is 0.0220. The van der Waals surface area contributed by atoms with Gasteiger partial charge in [0.05, 0.1) is 0 Å². The summed E-state index contributed by atoms with van der Waals surface area (Å²) in [5, 5.41) is 3.61. The summed E-state index contributed by atoms with van der Waals surface area (Å²) in [5.41, 5.74) is -0.406. The van der Waals surface area contributed by atoms with Crippen LogP contribution in [0.5, 0.6) is 0 Å². The second-order valence-corrected chi connectivity index (χ2v) is 8.21. The number of hydrogen-bond acceptors (Lipinski definition) is 4. The number of nitrogens with one attached hydrogen (secondary N) is 1. The van der Waals surface area contributed by atoms with Crippen molar-refractivity contribution < 1.29 is 9.53 Å². The highest BCUT2D eigenvalue weighted by Crippen LogP contribution is 2.23. The molecule has 5 heteroatoms. The molecule has 0 spiro atoms. The van der Waals surface area contributed by atoms with E-state index in [-0.39, 0.29) is 6.09 Å². The van der Waals surface area contributed by atoms with Crippen molar-refractivity contribution in [3.8, 4) is 0 Å². The van der Waals surface area contributed by atoms with Gasteiger partial charge < -0.3 is 19.9 Å². The third kappa shape index (κ3) is 6.30. The molecule has 2 rings (SSSR count). The highest BCUT2D eigenvalue weighted by molar-refractivity contribution is 5.68. The van der Waals surface area contributed by atoms with Crippen molar-refractivity contribution in [3.63, 3.8) is 0 Å². The van der Waals surface area contributed by atoms with Crippen molar-refractivity contribution in [2.75, 3.05) is 39.8 Å². The van der Waals surface area contributed by atoms with Crippen LogP contribution in [0.1, 0.15) is 52.9 Å². The van der Waals surface area contributed by atoms with Gasteiger partial charge in [-0.15, -0.1) is 0 Å². The summed E-state index contributed by atoms with van der Waals surface area (Å²) in [7, 11) is 2.20. The molecule has 1 N–H and O–H groups in total. The molecule has 2 heterocycles. The smallest absolute Gasteiger partial charge is 0.410 e. The molecule has 0 aromatic rings. The van der Waals surface area contributed by atoms with Crippen LogP contribution in [0.15, 0.2) is 0 Å². The van der Waals surface area contributed by atoms with E-state index in [9.17, 15) is 4.79 Å². The molecule has 23 heavy (non-hydrogen) atoms. The minimum absolute atomic E-state index is 0.143. The minimum atomic E-state index is -0.406. The molecular formula is C18H35N3O2. The zero-order valence-corrected chi connectivity index (χ0v) is 15.4. The van der Waals surface area contributed by atoms with Crippen molar-refractivity contribution in [1.29, 1.82) is 0 Å². The fourth-order valence-electron chi connectivity index (χ4n) is 3.54. The molecule has 0 radical (unpaired) electrons. The Labute approximate surface area is 141 Å². The lowest BCUT2D eigenvalue weighted by atomic mass is 9.97. The van der Waals surface area contributed by atoms with Crippen LogP contribution in [0, 0.1) is 5.92 Å². The van der Waals surface area contributed by atoms with Crippen molar-refractivity contribution >= 4 is 6.09 Å². The molecule has 2 saturated heterocycles. The van der Waals surface area contributed by atoms with Crippen LogP contribution < -0.4 is 5.32 Å². The molecule has 0 saturated carbocycles. The van der Waals surface area contributed by atoms with Gasteiger partial charge in [0.25, 0.3) is 0 Å². The van der Waals surface area contributed by atoms with Crippen molar-refractivity contribution in [2.45, 2.75) is 64.5 Å². The number of likely N-dealkylation sites (tertiary alicyclic amines) is 2. The standard InChI is InChI=1S/C18H35N3O2/c1-18(2,3)23-17(22)21-11-5-6-16(21)7-10-19-14-15-8-12-20(4)13-9-15/h15-16,19H,5-14H2,1-4H3. The maximum atomic E-state index is 12.3. The lowest BCUT2D eigenvalue weighted by Gasteiger charge is -2.30. The summed E-state index contributed by atoms with van der Waals surface area (Å²) in [5.74, 6) is 0.816. The molecule has 0 aliphatic carbocycles. The molecule has 1 amide bonds. The predicted octanol–water partition coefficient (Wildman–Crippen LogP) is 2.71. The highest BCUT2D eigenvalue weighted by atomic mass is 16.6. The van der Waals surface area contributed by atoms with E-state index in [0.717, 1.165) is 44.8 Å². The Hall–Kier alpha value is -0.810. The first-order valence-corrected chi connectivity index (χ1v) is 9.24. The Bertz CT molecular complexity index is 373. The van der Waals surface area contributed by atoms with Crippen molar-refractivity contribution in [2.24, 2.45) is 5.92 Å². The Morgan fingerprint density at radius 3 is 2.52 bits per heavy atom. The number of amides is 1. The van der Waals surface area contributed by atoms with Gasteiger partial charge in [-0.25, -0.2) is 4.79 Å². The summed E-state index contributed by atoms with van der Waals surface area (Å²) in [4.78, 5) is 16.6. The molecule has 1 unspecified atom stereocenters. The van der Waals surface area contributed by atoms with E-state index in [4.69, 9.17) is 4.74 Å². The Balaban J connectivity index is 1.65. The average Bonchev–Trinajstić information content (AvgIpc) is 2.92. The van der Waals surface area contributed by atoms with E-state index in [0.29, 0.717) is 6.04 Å². The molecule has 0 aromatic heterocycles. The van der Waals surface area contributed by atoms with Gasteiger partial charge in [0.1, 0.15) is 5.60 Å². The fraction of sp³-hybridized carbons (Fsp3) is 0.944. The maximum Gasteiger partial charge on any atom is 0.410 e. The van der Waals surface area contributed by atoms with Gasteiger partial charge >= 0.3 is 6.09 Å². The topological polar surface area (TPSA) is 44.8 Å². The summed E-state index contributed by atoms with van der Waals surface area (Å²) >= 11 is 0. The van der Waals surface area contributed by atoms with Crippen LogP contribution in [-0.2, 0) is 4.74 Å². The molecule has 1 atom stereocenters. The molecule has 5 nitrogen and oxygen atoms in total. The number of nitrogens with zero attached hydrogens (tertiary/aromatic N) is 2. The van der Waals surface area contributed by atoms with Gasteiger partial charge in [-0.2, -0.15) is 0 Å². The van der Waals surface area contributed by atoms with E-state index in [1.165, 1.54) is 25.9 Å². The number of ether oxygens (including phenoxy) is 1. The van der Waals surface area contributed by atoms with Crippen LogP contribution in [0.2, 0.25) is 0 Å².